The summed E-state index contributed by atoms with van der Waals surface area (Å²) in [5.74, 6) is 0.630. The highest BCUT2D eigenvalue weighted by atomic mass is 19.1. The maximum Gasteiger partial charge on any atom is 0.278 e. The number of fused-ring (bicyclic) bond motifs is 3. The first-order valence-corrected chi connectivity index (χ1v) is 11.8. The van der Waals surface area contributed by atoms with Crippen LogP contribution >= 0.6 is 0 Å². The lowest BCUT2D eigenvalue weighted by molar-refractivity contribution is -0.116. The largest absolute Gasteiger partial charge is 0.497 e. The second kappa shape index (κ2) is 10.1. The van der Waals surface area contributed by atoms with Crippen molar-refractivity contribution in [1.82, 2.24) is 14.1 Å². The van der Waals surface area contributed by atoms with Crippen LogP contribution in [0.2, 0.25) is 0 Å². The number of anilines is 1. The molecule has 0 aliphatic rings. The lowest BCUT2D eigenvalue weighted by atomic mass is 10.2. The SMILES string of the molecule is CCOc1ccc(NC(=O)Cn2c3ccc(F)cc3c3ncn(Cc4ccc(OC)cc4)c(=O)c32)cc1. The van der Waals surface area contributed by atoms with Crippen molar-refractivity contribution in [3.05, 3.63) is 94.8 Å². The van der Waals surface area contributed by atoms with E-state index < -0.39 is 5.82 Å². The molecule has 5 rings (SSSR count). The maximum absolute atomic E-state index is 14.1. The Morgan fingerprint density at radius 3 is 2.46 bits per heavy atom. The average molecular weight is 501 g/mol. The van der Waals surface area contributed by atoms with E-state index in [1.54, 1.807) is 42.0 Å². The van der Waals surface area contributed by atoms with Crippen LogP contribution in [0, 0.1) is 5.82 Å². The van der Waals surface area contributed by atoms with Gasteiger partial charge in [0.05, 0.1) is 32.1 Å². The zero-order chi connectivity index (χ0) is 25.9. The zero-order valence-corrected chi connectivity index (χ0v) is 20.4. The van der Waals surface area contributed by atoms with Crippen LogP contribution in [0.15, 0.2) is 77.9 Å². The van der Waals surface area contributed by atoms with Gasteiger partial charge in [0.1, 0.15) is 34.9 Å². The molecular weight excluding hydrogens is 475 g/mol. The first-order valence-electron chi connectivity index (χ1n) is 11.8. The summed E-state index contributed by atoms with van der Waals surface area (Å²) in [6.07, 6.45) is 1.45. The molecule has 188 valence electrons. The summed E-state index contributed by atoms with van der Waals surface area (Å²) in [7, 11) is 1.59. The third-order valence-electron chi connectivity index (χ3n) is 6.05. The molecule has 9 heteroatoms. The Balaban J connectivity index is 1.52. The van der Waals surface area contributed by atoms with Crippen molar-refractivity contribution < 1.29 is 18.7 Å². The van der Waals surface area contributed by atoms with E-state index in [-0.39, 0.29) is 30.1 Å². The fourth-order valence-corrected chi connectivity index (χ4v) is 4.32. The fraction of sp³-hybridized carbons (Fsp3) is 0.179. The molecule has 2 aromatic heterocycles. The van der Waals surface area contributed by atoms with E-state index in [2.05, 4.69) is 10.3 Å². The van der Waals surface area contributed by atoms with Gasteiger partial charge in [-0.3, -0.25) is 14.2 Å². The smallest absolute Gasteiger partial charge is 0.278 e. The monoisotopic (exact) mass is 500 g/mol. The number of hydrogen-bond acceptors (Lipinski definition) is 5. The number of nitrogens with zero attached hydrogens (tertiary/aromatic N) is 3. The molecule has 1 N–H and O–H groups in total. The molecule has 0 unspecified atom stereocenters. The van der Waals surface area contributed by atoms with Crippen molar-refractivity contribution in [3.8, 4) is 11.5 Å². The van der Waals surface area contributed by atoms with Gasteiger partial charge < -0.3 is 19.4 Å². The maximum atomic E-state index is 14.1. The van der Waals surface area contributed by atoms with Crippen LogP contribution < -0.4 is 20.3 Å². The average Bonchev–Trinajstić information content (AvgIpc) is 3.20. The van der Waals surface area contributed by atoms with Crippen molar-refractivity contribution in [2.45, 2.75) is 20.0 Å². The summed E-state index contributed by atoms with van der Waals surface area (Å²) in [6.45, 7) is 2.57. The van der Waals surface area contributed by atoms with Crippen LogP contribution in [0.3, 0.4) is 0 Å². The van der Waals surface area contributed by atoms with Crippen molar-refractivity contribution >= 4 is 33.5 Å². The molecule has 0 atom stereocenters. The predicted molar refractivity (Wildman–Crippen MR) is 140 cm³/mol. The number of rotatable bonds is 8. The van der Waals surface area contributed by atoms with Crippen LogP contribution in [0.4, 0.5) is 10.1 Å². The number of aromatic nitrogens is 3. The van der Waals surface area contributed by atoms with Gasteiger partial charge in [-0.05, 0) is 67.1 Å². The van der Waals surface area contributed by atoms with Gasteiger partial charge in [-0.15, -0.1) is 0 Å². The van der Waals surface area contributed by atoms with Crippen molar-refractivity contribution in [2.24, 2.45) is 0 Å². The van der Waals surface area contributed by atoms with Crippen LogP contribution in [-0.4, -0.2) is 33.7 Å². The molecule has 0 radical (unpaired) electrons. The summed E-state index contributed by atoms with van der Waals surface area (Å²) in [6, 6.07) is 18.6. The number of nitrogens with one attached hydrogen (secondary N) is 1. The second-order valence-corrected chi connectivity index (χ2v) is 8.48. The predicted octanol–water partition coefficient (Wildman–Crippen LogP) is 4.58. The van der Waals surface area contributed by atoms with Gasteiger partial charge >= 0.3 is 0 Å². The molecule has 1 amide bonds. The Labute approximate surface area is 211 Å². The first kappa shape index (κ1) is 24.1. The molecule has 2 heterocycles. The van der Waals surface area contributed by atoms with E-state index in [1.807, 2.05) is 31.2 Å². The molecular formula is C28H25FN4O4. The quantitative estimate of drug-likeness (QED) is 0.337. The molecule has 8 nitrogen and oxygen atoms in total. The molecule has 0 spiro atoms. The van der Waals surface area contributed by atoms with Crippen LogP contribution in [-0.2, 0) is 17.9 Å². The van der Waals surface area contributed by atoms with Crippen molar-refractivity contribution in [2.75, 3.05) is 19.0 Å². The highest BCUT2D eigenvalue weighted by molar-refractivity contribution is 6.06. The molecule has 0 aliphatic carbocycles. The Kier molecular flexibility index (Phi) is 6.59. The lowest BCUT2D eigenvalue weighted by Gasteiger charge is -2.11. The number of ether oxygens (including phenoxy) is 2. The zero-order valence-electron chi connectivity index (χ0n) is 20.4. The van der Waals surface area contributed by atoms with Gasteiger partial charge in [0.25, 0.3) is 5.56 Å². The third kappa shape index (κ3) is 4.88. The van der Waals surface area contributed by atoms with Gasteiger partial charge in [-0.2, -0.15) is 0 Å². The fourth-order valence-electron chi connectivity index (χ4n) is 4.32. The number of amides is 1. The van der Waals surface area contributed by atoms with E-state index in [1.165, 1.54) is 23.0 Å². The number of hydrogen-bond donors (Lipinski definition) is 1. The molecule has 0 saturated carbocycles. The Morgan fingerprint density at radius 1 is 1.03 bits per heavy atom. The normalized spacial score (nSPS) is 11.1. The number of carbonyl (C=O) groups excluding carboxylic acids is 1. The number of methoxy groups -OCH3 is 1. The van der Waals surface area contributed by atoms with Gasteiger partial charge in [-0.25, -0.2) is 9.37 Å². The summed E-state index contributed by atoms with van der Waals surface area (Å²) in [4.78, 5) is 31.1. The molecule has 5 aromatic rings. The van der Waals surface area contributed by atoms with Crippen molar-refractivity contribution in [3.63, 3.8) is 0 Å². The molecule has 3 aromatic carbocycles. The van der Waals surface area contributed by atoms with Crippen LogP contribution in [0.1, 0.15) is 12.5 Å². The third-order valence-corrected chi connectivity index (χ3v) is 6.05. The first-order chi connectivity index (χ1) is 18.0. The number of benzene rings is 3. The van der Waals surface area contributed by atoms with E-state index in [0.29, 0.717) is 40.2 Å². The second-order valence-electron chi connectivity index (χ2n) is 8.48. The number of halogens is 1. The summed E-state index contributed by atoms with van der Waals surface area (Å²) < 4.78 is 27.8. The van der Waals surface area contributed by atoms with Gasteiger partial charge in [0.15, 0.2) is 0 Å². The van der Waals surface area contributed by atoms with Gasteiger partial charge in [0.2, 0.25) is 5.91 Å². The number of carbonyl (C=O) groups is 1. The van der Waals surface area contributed by atoms with E-state index in [0.717, 1.165) is 5.56 Å². The Hall–Kier alpha value is -4.66. The lowest BCUT2D eigenvalue weighted by Crippen LogP contribution is -2.25. The Morgan fingerprint density at radius 2 is 1.76 bits per heavy atom. The molecule has 37 heavy (non-hydrogen) atoms. The van der Waals surface area contributed by atoms with E-state index in [4.69, 9.17) is 9.47 Å². The van der Waals surface area contributed by atoms with Crippen molar-refractivity contribution in [1.29, 1.82) is 0 Å². The summed E-state index contributed by atoms with van der Waals surface area (Å²) in [5, 5.41) is 3.31. The van der Waals surface area contributed by atoms with E-state index >= 15 is 0 Å². The van der Waals surface area contributed by atoms with E-state index in [9.17, 15) is 14.0 Å². The molecule has 0 bridgehead atoms. The van der Waals surface area contributed by atoms with Gasteiger partial charge in [-0.1, -0.05) is 12.1 Å². The highest BCUT2D eigenvalue weighted by Gasteiger charge is 2.19. The van der Waals surface area contributed by atoms with Gasteiger partial charge in [0, 0.05) is 11.1 Å². The van der Waals surface area contributed by atoms with Crippen LogP contribution in [0.25, 0.3) is 21.9 Å². The topological polar surface area (TPSA) is 87.4 Å². The Bertz CT molecular complexity index is 1640. The van der Waals surface area contributed by atoms with Crippen LogP contribution in [0.5, 0.6) is 11.5 Å². The molecule has 0 saturated heterocycles. The molecule has 0 fully saturated rings. The standard InChI is InChI=1S/C28H25FN4O4/c1-3-37-22-11-7-20(8-12-22)31-25(34)16-33-24-13-6-19(29)14-23(24)26-27(33)28(35)32(17-30-26)15-18-4-9-21(36-2)10-5-18/h4-14,17H,3,15-16H2,1-2H3,(H,31,34). The minimum Gasteiger partial charge on any atom is -0.497 e. The highest BCUT2D eigenvalue weighted by Crippen LogP contribution is 2.27. The molecule has 0 aliphatic heterocycles. The summed E-state index contributed by atoms with van der Waals surface area (Å²) >= 11 is 0. The minimum atomic E-state index is -0.449. The minimum absolute atomic E-state index is 0.150. The summed E-state index contributed by atoms with van der Waals surface area (Å²) in [5.41, 5.74) is 2.27.